The molecule has 0 spiro atoms. The molecule has 0 aliphatic carbocycles. The van der Waals surface area contributed by atoms with Crippen LogP contribution >= 0.6 is 23.2 Å². The van der Waals surface area contributed by atoms with E-state index in [0.717, 1.165) is 0 Å². The number of H-pyrrole nitrogens is 1. The lowest BCUT2D eigenvalue weighted by molar-refractivity contribution is -0.118. The van der Waals surface area contributed by atoms with Crippen LogP contribution in [0.15, 0.2) is 51.8 Å². The van der Waals surface area contributed by atoms with E-state index in [1.54, 1.807) is 36.4 Å². The van der Waals surface area contributed by atoms with Gasteiger partial charge in [-0.3, -0.25) is 14.3 Å². The lowest BCUT2D eigenvalue weighted by Gasteiger charge is -2.10. The average molecular weight is 380 g/mol. The van der Waals surface area contributed by atoms with Crippen molar-refractivity contribution in [1.29, 1.82) is 0 Å². The number of hydrogen-bond donors (Lipinski definition) is 2. The van der Waals surface area contributed by atoms with Gasteiger partial charge in [0.05, 0.1) is 5.69 Å². The molecule has 1 heterocycles. The Kier molecular flexibility index (Phi) is 5.06. The van der Waals surface area contributed by atoms with Crippen LogP contribution in [0.2, 0.25) is 10.0 Å². The molecule has 0 saturated heterocycles. The van der Waals surface area contributed by atoms with Gasteiger partial charge in [0.15, 0.2) is 12.4 Å². The number of nitrogens with zero attached hydrogens (tertiary/aromatic N) is 1. The van der Waals surface area contributed by atoms with Crippen molar-refractivity contribution in [3.8, 4) is 17.1 Å². The monoisotopic (exact) mass is 379 g/mol. The van der Waals surface area contributed by atoms with Crippen molar-refractivity contribution in [1.82, 2.24) is 10.1 Å². The number of aromatic nitrogens is 2. The summed E-state index contributed by atoms with van der Waals surface area (Å²) >= 11 is 11.8. The molecule has 3 rings (SSSR count). The van der Waals surface area contributed by atoms with Gasteiger partial charge in [-0.1, -0.05) is 34.4 Å². The molecule has 0 atom stereocenters. The van der Waals surface area contributed by atoms with Crippen molar-refractivity contribution in [2.24, 2.45) is 0 Å². The molecule has 9 heteroatoms. The SMILES string of the molecule is O=C(COc1cccc(Cl)c1)Nc1cc(Cl)ccc1-c1noc(=O)[nH]1. The molecular formula is C16H11Cl2N3O4. The Bertz CT molecular complexity index is 968. The first-order valence-electron chi connectivity index (χ1n) is 7.05. The van der Waals surface area contributed by atoms with Crippen molar-refractivity contribution in [3.05, 3.63) is 63.1 Å². The van der Waals surface area contributed by atoms with Gasteiger partial charge in [0, 0.05) is 15.6 Å². The first-order valence-corrected chi connectivity index (χ1v) is 7.81. The van der Waals surface area contributed by atoms with Gasteiger partial charge in [0.1, 0.15) is 5.75 Å². The van der Waals surface area contributed by atoms with E-state index in [-0.39, 0.29) is 12.4 Å². The zero-order valence-electron chi connectivity index (χ0n) is 12.6. The van der Waals surface area contributed by atoms with Gasteiger partial charge < -0.3 is 10.1 Å². The second-order valence-electron chi connectivity index (χ2n) is 4.93. The lowest BCUT2D eigenvalue weighted by atomic mass is 10.1. The predicted molar refractivity (Wildman–Crippen MR) is 93.1 cm³/mol. The maximum absolute atomic E-state index is 12.1. The normalized spacial score (nSPS) is 10.5. The topological polar surface area (TPSA) is 97.2 Å². The van der Waals surface area contributed by atoms with E-state index in [0.29, 0.717) is 27.0 Å². The molecule has 25 heavy (non-hydrogen) atoms. The molecule has 1 amide bonds. The summed E-state index contributed by atoms with van der Waals surface area (Å²) < 4.78 is 9.86. The number of nitrogens with one attached hydrogen (secondary N) is 2. The summed E-state index contributed by atoms with van der Waals surface area (Å²) in [6, 6.07) is 11.4. The highest BCUT2D eigenvalue weighted by molar-refractivity contribution is 6.31. The molecule has 0 fully saturated rings. The fourth-order valence-corrected chi connectivity index (χ4v) is 2.42. The molecule has 0 aliphatic rings. The Labute approximate surface area is 151 Å². The summed E-state index contributed by atoms with van der Waals surface area (Å²) in [4.78, 5) is 25.7. The third-order valence-corrected chi connectivity index (χ3v) is 3.59. The molecular weight excluding hydrogens is 369 g/mol. The largest absolute Gasteiger partial charge is 0.484 e. The van der Waals surface area contributed by atoms with Crippen molar-refractivity contribution in [3.63, 3.8) is 0 Å². The van der Waals surface area contributed by atoms with E-state index < -0.39 is 11.7 Å². The van der Waals surface area contributed by atoms with Crippen molar-refractivity contribution < 1.29 is 14.1 Å². The van der Waals surface area contributed by atoms with Gasteiger partial charge in [-0.2, -0.15) is 0 Å². The Balaban J connectivity index is 1.74. The predicted octanol–water partition coefficient (Wildman–Crippen LogP) is 3.35. The smallest absolute Gasteiger partial charge is 0.439 e. The molecule has 7 nitrogen and oxygen atoms in total. The quantitative estimate of drug-likeness (QED) is 0.708. The number of carbonyl (C=O) groups excluding carboxylic acids is 1. The van der Waals surface area contributed by atoms with E-state index >= 15 is 0 Å². The standard InChI is InChI=1S/C16H11Cl2N3O4/c17-9-2-1-3-11(6-9)24-8-14(22)19-13-7-10(18)4-5-12(13)15-20-16(23)25-21-15/h1-7H,8H2,(H,19,22)(H,20,21,23). The van der Waals surface area contributed by atoms with Crippen molar-refractivity contribution in [2.75, 3.05) is 11.9 Å². The summed E-state index contributed by atoms with van der Waals surface area (Å²) in [5.41, 5.74) is 0.808. The van der Waals surface area contributed by atoms with Gasteiger partial charge in [-0.25, -0.2) is 4.79 Å². The minimum absolute atomic E-state index is 0.174. The van der Waals surface area contributed by atoms with Gasteiger partial charge in [-0.05, 0) is 36.4 Å². The zero-order chi connectivity index (χ0) is 17.8. The number of anilines is 1. The zero-order valence-corrected chi connectivity index (χ0v) is 14.1. The number of carbonyl (C=O) groups is 1. The molecule has 2 aromatic carbocycles. The summed E-state index contributed by atoms with van der Waals surface area (Å²) in [7, 11) is 0. The number of halogens is 2. The van der Waals surface area contributed by atoms with Crippen LogP contribution in [0.3, 0.4) is 0 Å². The Hall–Kier alpha value is -2.77. The molecule has 128 valence electrons. The van der Waals surface area contributed by atoms with E-state index in [9.17, 15) is 9.59 Å². The van der Waals surface area contributed by atoms with Crippen LogP contribution in [-0.4, -0.2) is 22.7 Å². The van der Waals surface area contributed by atoms with E-state index in [1.165, 1.54) is 6.07 Å². The van der Waals surface area contributed by atoms with Gasteiger partial charge in [-0.15, -0.1) is 0 Å². The minimum Gasteiger partial charge on any atom is -0.484 e. The maximum Gasteiger partial charge on any atom is 0.439 e. The fraction of sp³-hybridized carbons (Fsp3) is 0.0625. The summed E-state index contributed by atoms with van der Waals surface area (Å²) in [5.74, 6) is -0.483. The van der Waals surface area contributed by atoms with Crippen LogP contribution in [0.25, 0.3) is 11.4 Å². The van der Waals surface area contributed by atoms with Crippen LogP contribution in [0, 0.1) is 0 Å². The van der Waals surface area contributed by atoms with E-state index in [2.05, 4.69) is 20.0 Å². The third-order valence-electron chi connectivity index (χ3n) is 3.12. The van der Waals surface area contributed by atoms with Crippen LogP contribution < -0.4 is 15.8 Å². The van der Waals surface area contributed by atoms with Crippen molar-refractivity contribution >= 4 is 34.8 Å². The highest BCUT2D eigenvalue weighted by Crippen LogP contribution is 2.28. The summed E-state index contributed by atoms with van der Waals surface area (Å²) in [5, 5.41) is 7.17. The Morgan fingerprint density at radius 3 is 2.72 bits per heavy atom. The average Bonchev–Trinajstić information content (AvgIpc) is 2.99. The summed E-state index contributed by atoms with van der Waals surface area (Å²) in [6.45, 7) is -0.234. The highest BCUT2D eigenvalue weighted by atomic mass is 35.5. The number of amides is 1. The maximum atomic E-state index is 12.1. The molecule has 0 unspecified atom stereocenters. The second kappa shape index (κ2) is 7.42. The third kappa shape index (κ3) is 4.40. The molecule has 0 saturated carbocycles. The Morgan fingerprint density at radius 1 is 1.20 bits per heavy atom. The number of benzene rings is 2. The highest BCUT2D eigenvalue weighted by Gasteiger charge is 2.13. The van der Waals surface area contributed by atoms with E-state index in [4.69, 9.17) is 27.9 Å². The first-order chi connectivity index (χ1) is 12.0. The molecule has 0 radical (unpaired) electrons. The molecule has 0 bridgehead atoms. The number of rotatable bonds is 5. The van der Waals surface area contributed by atoms with Crippen LogP contribution in [-0.2, 0) is 4.79 Å². The fourth-order valence-electron chi connectivity index (χ4n) is 2.06. The van der Waals surface area contributed by atoms with Crippen LogP contribution in [0.4, 0.5) is 5.69 Å². The number of aromatic amines is 1. The second-order valence-corrected chi connectivity index (χ2v) is 5.80. The van der Waals surface area contributed by atoms with Gasteiger partial charge in [0.25, 0.3) is 5.91 Å². The molecule has 1 aromatic heterocycles. The Morgan fingerprint density at radius 2 is 2.00 bits per heavy atom. The van der Waals surface area contributed by atoms with Gasteiger partial charge >= 0.3 is 5.76 Å². The minimum atomic E-state index is -0.702. The van der Waals surface area contributed by atoms with Crippen LogP contribution in [0.5, 0.6) is 5.75 Å². The van der Waals surface area contributed by atoms with Crippen LogP contribution in [0.1, 0.15) is 0 Å². The van der Waals surface area contributed by atoms with E-state index in [1.807, 2.05) is 0 Å². The lowest BCUT2D eigenvalue weighted by Crippen LogP contribution is -2.20. The molecule has 3 aromatic rings. The van der Waals surface area contributed by atoms with Gasteiger partial charge in [0.2, 0.25) is 0 Å². The number of hydrogen-bond acceptors (Lipinski definition) is 5. The molecule has 2 N–H and O–H groups in total. The summed E-state index contributed by atoms with van der Waals surface area (Å²) in [6.07, 6.45) is 0. The molecule has 0 aliphatic heterocycles. The van der Waals surface area contributed by atoms with Crippen molar-refractivity contribution in [2.45, 2.75) is 0 Å². The first kappa shape index (κ1) is 17.1. The number of ether oxygens (including phenoxy) is 1.